The number of aliphatic hydroxyl groups excluding tert-OH is 3. The third kappa shape index (κ3) is 10.7. The van der Waals surface area contributed by atoms with E-state index in [1.165, 1.54) is 13.2 Å². The first-order valence-electron chi connectivity index (χ1n) is 21.1. The number of carbonyl (C=O) groups is 2. The summed E-state index contributed by atoms with van der Waals surface area (Å²) in [6.45, 7) is 6.07. The van der Waals surface area contributed by atoms with E-state index >= 15 is 0 Å². The standard InChI is InChI=1S/C43H55F3N8O9/c1-23(25-17-26(43(44,45)46)19-27(47)18-25)49-39-30-20-35(34(60-3)21-32(30)50-24(2)51-39)63-28-9-12-53(22-28)37(56)10-13-61-15-16-62-14-11-48-31-6-4-5-29-38(31)42(59)54(41(29)58)33-7-8-36(55)52-40(33)57/h4-6,17-21,23,28-29,33,36-38,40,48,52,55-57H,7-16,22,47H2,1-3H3,(H,49,50,51)/t23-,28+,29?,33?,36?,37?,38?,40?/m1/s1. The number of hydrogen-bond donors (Lipinski definition) is 7. The molecule has 3 fully saturated rings. The molecule has 7 rings (SSSR count). The molecular weight excluding hydrogens is 830 g/mol. The van der Waals surface area contributed by atoms with E-state index in [-0.39, 0.29) is 23.6 Å². The number of halogens is 3. The number of ether oxygens (including phenoxy) is 4. The number of nitrogens with two attached hydrogens (primary N) is 1. The molecule has 17 nitrogen and oxygen atoms in total. The maximum atomic E-state index is 13.5. The number of rotatable bonds is 18. The van der Waals surface area contributed by atoms with Gasteiger partial charge in [0, 0.05) is 48.9 Å². The largest absolute Gasteiger partial charge is 0.493 e. The van der Waals surface area contributed by atoms with Gasteiger partial charge in [0.25, 0.3) is 0 Å². The van der Waals surface area contributed by atoms with Gasteiger partial charge in [-0.05, 0) is 69.0 Å². The van der Waals surface area contributed by atoms with Gasteiger partial charge in [-0.2, -0.15) is 13.2 Å². The molecular formula is C43H55F3N8O9. The second-order valence-corrected chi connectivity index (χ2v) is 16.2. The lowest BCUT2D eigenvalue weighted by molar-refractivity contribution is -0.149. The highest BCUT2D eigenvalue weighted by molar-refractivity contribution is 6.08. The van der Waals surface area contributed by atoms with Crippen LogP contribution in [0.3, 0.4) is 0 Å². The zero-order valence-corrected chi connectivity index (χ0v) is 35.3. The van der Waals surface area contributed by atoms with Gasteiger partial charge in [0.2, 0.25) is 11.8 Å². The van der Waals surface area contributed by atoms with E-state index in [1.54, 1.807) is 44.2 Å². The smallest absolute Gasteiger partial charge is 0.416 e. The number of likely N-dealkylation sites (tertiary alicyclic amines) is 2. The summed E-state index contributed by atoms with van der Waals surface area (Å²) in [6, 6.07) is 5.58. The summed E-state index contributed by atoms with van der Waals surface area (Å²) in [7, 11) is 1.52. The summed E-state index contributed by atoms with van der Waals surface area (Å²) in [4.78, 5) is 38.7. The van der Waals surface area contributed by atoms with E-state index < -0.39 is 54.3 Å². The molecule has 0 radical (unpaired) electrons. The van der Waals surface area contributed by atoms with Gasteiger partial charge in [-0.3, -0.25) is 24.7 Å². The number of hydrogen-bond acceptors (Lipinski definition) is 16. The van der Waals surface area contributed by atoms with Crippen molar-refractivity contribution in [1.29, 1.82) is 0 Å². The van der Waals surface area contributed by atoms with E-state index in [0.717, 1.165) is 17.0 Å². The minimum absolute atomic E-state index is 0.00321. The molecule has 3 aromatic rings. The molecule has 342 valence electrons. The number of benzene rings is 2. The minimum Gasteiger partial charge on any atom is -0.493 e. The van der Waals surface area contributed by atoms with Crippen LogP contribution in [0.1, 0.15) is 55.6 Å². The summed E-state index contributed by atoms with van der Waals surface area (Å²) in [5, 5.41) is 40.8. The molecule has 3 saturated heterocycles. The number of fused-ring (bicyclic) bond motifs is 2. The summed E-state index contributed by atoms with van der Waals surface area (Å²) >= 11 is 0. The SMILES string of the molecule is COc1cc2nc(C)nc(N[C@H](C)c3cc(N)cc(C(F)(F)F)c3)c2cc1O[C@H]1CCN(C(O)CCOCCOCCNC2=CC=CC3C(=O)N(C4CCC(O)NC4O)C(=O)C23)C1. The first kappa shape index (κ1) is 45.9. The maximum Gasteiger partial charge on any atom is 0.416 e. The number of aryl methyl sites for hydroxylation is 1. The normalized spacial score (nSPS) is 25.0. The number of anilines is 2. The molecule has 1 aliphatic carbocycles. The van der Waals surface area contributed by atoms with E-state index in [1.807, 2.05) is 4.90 Å². The topological polar surface area (TPSA) is 226 Å². The number of allylic oxidation sites excluding steroid dienone is 2. The lowest BCUT2D eigenvalue weighted by atomic mass is 9.88. The zero-order chi connectivity index (χ0) is 45.0. The molecule has 2 amide bonds. The zero-order valence-electron chi connectivity index (χ0n) is 35.3. The first-order valence-corrected chi connectivity index (χ1v) is 21.1. The van der Waals surface area contributed by atoms with Crippen molar-refractivity contribution >= 4 is 34.2 Å². The van der Waals surface area contributed by atoms with Crippen LogP contribution in [0.4, 0.5) is 24.7 Å². The minimum atomic E-state index is -4.55. The van der Waals surface area contributed by atoms with Gasteiger partial charge in [-0.15, -0.1) is 0 Å². The van der Waals surface area contributed by atoms with Crippen LogP contribution in [0.2, 0.25) is 0 Å². The van der Waals surface area contributed by atoms with Gasteiger partial charge in [0.05, 0.1) is 68.5 Å². The first-order chi connectivity index (χ1) is 30.1. The number of amides is 2. The molecule has 3 aliphatic heterocycles. The third-order valence-corrected chi connectivity index (χ3v) is 11.7. The van der Waals surface area contributed by atoms with Crippen LogP contribution < -0.4 is 31.2 Å². The monoisotopic (exact) mass is 884 g/mol. The van der Waals surface area contributed by atoms with E-state index in [2.05, 4.69) is 25.9 Å². The molecule has 0 spiro atoms. The fraction of sp³-hybridized carbons (Fsp3) is 0.535. The predicted octanol–water partition coefficient (Wildman–Crippen LogP) is 2.95. The van der Waals surface area contributed by atoms with Crippen molar-refractivity contribution in [2.45, 2.75) is 82.6 Å². The van der Waals surface area contributed by atoms with Gasteiger partial charge < -0.3 is 50.6 Å². The lowest BCUT2D eigenvalue weighted by Gasteiger charge is -2.36. The number of methoxy groups -OCH3 is 1. The number of piperidine rings is 1. The molecule has 4 heterocycles. The Kier molecular flexibility index (Phi) is 14.4. The molecule has 1 aromatic heterocycles. The van der Waals surface area contributed by atoms with Gasteiger partial charge in [0.15, 0.2) is 11.5 Å². The second-order valence-electron chi connectivity index (χ2n) is 16.2. The fourth-order valence-electron chi connectivity index (χ4n) is 8.52. The molecule has 2 aromatic carbocycles. The Morgan fingerprint density at radius 2 is 1.78 bits per heavy atom. The van der Waals surface area contributed by atoms with Crippen molar-refractivity contribution in [1.82, 2.24) is 30.4 Å². The Bertz CT molecular complexity index is 2200. The fourth-order valence-corrected chi connectivity index (χ4v) is 8.52. The number of carbonyl (C=O) groups excluding carboxylic acids is 2. The maximum absolute atomic E-state index is 13.5. The van der Waals surface area contributed by atoms with Gasteiger partial charge in [0.1, 0.15) is 36.4 Å². The van der Waals surface area contributed by atoms with Crippen LogP contribution in [-0.2, 0) is 25.2 Å². The summed E-state index contributed by atoms with van der Waals surface area (Å²) < 4.78 is 64.1. The number of nitrogen functional groups attached to an aromatic ring is 1. The van der Waals surface area contributed by atoms with Crippen LogP contribution in [0.5, 0.6) is 11.5 Å². The molecule has 4 aliphatic rings. The Balaban J connectivity index is 0.835. The lowest BCUT2D eigenvalue weighted by Crippen LogP contribution is -2.58. The molecule has 20 heteroatoms. The number of imide groups is 1. The Morgan fingerprint density at radius 3 is 2.52 bits per heavy atom. The average Bonchev–Trinajstić information content (AvgIpc) is 3.81. The number of nitrogens with one attached hydrogen (secondary N) is 3. The molecule has 0 bridgehead atoms. The van der Waals surface area contributed by atoms with Crippen molar-refractivity contribution in [2.75, 3.05) is 64.2 Å². The van der Waals surface area contributed by atoms with Crippen molar-refractivity contribution in [3.05, 3.63) is 71.2 Å². The van der Waals surface area contributed by atoms with Crippen molar-refractivity contribution < 1.29 is 57.0 Å². The Hall–Kier alpha value is -5.09. The van der Waals surface area contributed by atoms with Crippen LogP contribution in [0, 0.1) is 18.8 Å². The predicted molar refractivity (Wildman–Crippen MR) is 224 cm³/mol. The Labute approximate surface area is 362 Å². The number of aromatic nitrogens is 2. The summed E-state index contributed by atoms with van der Waals surface area (Å²) in [5.41, 5.74) is 6.48. The number of alkyl halides is 3. The highest BCUT2D eigenvalue weighted by Crippen LogP contribution is 2.39. The highest BCUT2D eigenvalue weighted by Gasteiger charge is 2.53. The van der Waals surface area contributed by atoms with Crippen molar-refractivity contribution in [3.8, 4) is 11.5 Å². The Morgan fingerprint density at radius 1 is 1.00 bits per heavy atom. The third-order valence-electron chi connectivity index (χ3n) is 11.7. The van der Waals surface area contributed by atoms with Crippen LogP contribution in [0.25, 0.3) is 10.9 Å². The quantitative estimate of drug-likeness (QED) is 0.0554. The summed E-state index contributed by atoms with van der Waals surface area (Å²) in [5.74, 6) is -0.421. The molecule has 63 heavy (non-hydrogen) atoms. The van der Waals surface area contributed by atoms with E-state index in [4.69, 9.17) is 24.7 Å². The van der Waals surface area contributed by atoms with Crippen molar-refractivity contribution in [3.63, 3.8) is 0 Å². The molecule has 8 N–H and O–H groups in total. The molecule has 6 unspecified atom stereocenters. The van der Waals surface area contributed by atoms with E-state index in [0.29, 0.717) is 117 Å². The second kappa shape index (κ2) is 19.7. The van der Waals surface area contributed by atoms with Gasteiger partial charge >= 0.3 is 6.18 Å². The highest BCUT2D eigenvalue weighted by atomic mass is 19.4. The van der Waals surface area contributed by atoms with Crippen molar-refractivity contribution in [2.24, 2.45) is 11.8 Å². The van der Waals surface area contributed by atoms with Gasteiger partial charge in [-0.1, -0.05) is 12.2 Å². The number of aliphatic hydroxyl groups is 3. The van der Waals surface area contributed by atoms with E-state index in [9.17, 15) is 38.1 Å². The van der Waals surface area contributed by atoms with Crippen LogP contribution in [-0.4, -0.2) is 131 Å². The molecule has 0 saturated carbocycles. The summed E-state index contributed by atoms with van der Waals surface area (Å²) in [6.07, 6.45) is -0.912. The van der Waals surface area contributed by atoms with Gasteiger partial charge in [-0.25, -0.2) is 9.97 Å². The average molecular weight is 885 g/mol. The van der Waals surface area contributed by atoms with Crippen LogP contribution >= 0.6 is 0 Å². The molecule has 8 atom stereocenters. The number of nitrogens with zero attached hydrogens (tertiary/aromatic N) is 4. The van der Waals surface area contributed by atoms with Crippen LogP contribution in [0.15, 0.2) is 54.3 Å².